The molecule has 0 bridgehead atoms. The lowest BCUT2D eigenvalue weighted by molar-refractivity contribution is -0.190. The molecule has 1 aliphatic rings. The van der Waals surface area contributed by atoms with Crippen molar-refractivity contribution in [2.75, 3.05) is 13.2 Å². The summed E-state index contributed by atoms with van der Waals surface area (Å²) in [7, 11) is 0. The van der Waals surface area contributed by atoms with E-state index in [4.69, 9.17) is 14.6 Å². The molecule has 0 fully saturated rings. The van der Waals surface area contributed by atoms with Gasteiger partial charge in [0, 0.05) is 25.0 Å². The van der Waals surface area contributed by atoms with Crippen molar-refractivity contribution in [2.45, 2.75) is 38.2 Å². The van der Waals surface area contributed by atoms with Crippen LogP contribution >= 0.6 is 0 Å². The van der Waals surface area contributed by atoms with Gasteiger partial charge in [0.25, 0.3) is 0 Å². The van der Waals surface area contributed by atoms with Crippen LogP contribution in [0.5, 0.6) is 5.75 Å². The van der Waals surface area contributed by atoms with Crippen molar-refractivity contribution >= 4 is 5.97 Å². The second-order valence-electron chi connectivity index (χ2n) is 7.31. The highest BCUT2D eigenvalue weighted by Gasteiger charge is 2.55. The van der Waals surface area contributed by atoms with Crippen LogP contribution in [0.1, 0.15) is 18.9 Å². The van der Waals surface area contributed by atoms with E-state index >= 15 is 0 Å². The molecule has 0 radical (unpaired) electrons. The Morgan fingerprint density at radius 3 is 2.44 bits per heavy atom. The topological polar surface area (TPSA) is 55.8 Å². The normalized spacial score (nSPS) is 19.3. The van der Waals surface area contributed by atoms with Gasteiger partial charge < -0.3 is 14.6 Å². The summed E-state index contributed by atoms with van der Waals surface area (Å²) in [4.78, 5) is 11.1. The number of rotatable bonds is 8. The smallest absolute Gasteiger partial charge is 0.412 e. The number of halogens is 6. The van der Waals surface area contributed by atoms with Gasteiger partial charge in [-0.25, -0.2) is 4.79 Å². The van der Waals surface area contributed by atoms with E-state index in [0.717, 1.165) is 12.2 Å². The van der Waals surface area contributed by atoms with Gasteiger partial charge in [-0.05, 0) is 36.8 Å². The molecule has 34 heavy (non-hydrogen) atoms. The summed E-state index contributed by atoms with van der Waals surface area (Å²) in [6.45, 7) is 1.90. The van der Waals surface area contributed by atoms with Crippen LogP contribution < -0.4 is 4.74 Å². The zero-order valence-electron chi connectivity index (χ0n) is 18.0. The highest BCUT2D eigenvalue weighted by molar-refractivity contribution is 5.72. The van der Waals surface area contributed by atoms with Crippen molar-refractivity contribution in [1.82, 2.24) is 0 Å². The van der Waals surface area contributed by atoms with Crippen LogP contribution in [-0.4, -0.2) is 42.7 Å². The van der Waals surface area contributed by atoms with E-state index in [2.05, 4.69) is 5.92 Å². The Hall–Kier alpha value is -3.19. The van der Waals surface area contributed by atoms with E-state index < -0.39 is 41.8 Å². The number of carbonyl (C=O) groups is 1. The van der Waals surface area contributed by atoms with Crippen molar-refractivity contribution in [3.8, 4) is 17.6 Å². The molecular formula is C24H22F6O4. The second kappa shape index (κ2) is 11.3. The first kappa shape index (κ1) is 27.1. The van der Waals surface area contributed by atoms with Gasteiger partial charge >= 0.3 is 18.3 Å². The first-order chi connectivity index (χ1) is 15.9. The van der Waals surface area contributed by atoms with Gasteiger partial charge in [0.2, 0.25) is 0 Å². The minimum absolute atomic E-state index is 0.0483. The maximum Gasteiger partial charge on any atom is 0.412 e. The van der Waals surface area contributed by atoms with Crippen molar-refractivity contribution in [3.05, 3.63) is 65.8 Å². The van der Waals surface area contributed by atoms with E-state index in [1.165, 1.54) is 6.08 Å². The number of carboxylic acid groups (broad SMARTS) is 1. The van der Waals surface area contributed by atoms with E-state index in [0.29, 0.717) is 23.5 Å². The van der Waals surface area contributed by atoms with Crippen molar-refractivity contribution in [1.29, 1.82) is 0 Å². The summed E-state index contributed by atoms with van der Waals surface area (Å²) in [6, 6.07) is 6.50. The number of hydrogen-bond acceptors (Lipinski definition) is 3. The molecule has 1 unspecified atom stereocenters. The molecule has 2 rings (SSSR count). The average Bonchev–Trinajstić information content (AvgIpc) is 2.75. The monoisotopic (exact) mass is 488 g/mol. The molecule has 0 aliphatic heterocycles. The number of carboxylic acids is 1. The molecule has 184 valence electrons. The Kier molecular flexibility index (Phi) is 8.99. The first-order valence-electron chi connectivity index (χ1n) is 10.1. The summed E-state index contributed by atoms with van der Waals surface area (Å²) >= 11 is 0. The molecule has 1 N–H and O–H groups in total. The zero-order chi connectivity index (χ0) is 25.4. The Morgan fingerprint density at radius 2 is 1.88 bits per heavy atom. The lowest BCUT2D eigenvalue weighted by atomic mass is 9.78. The van der Waals surface area contributed by atoms with Crippen LogP contribution in [0.2, 0.25) is 0 Å². The summed E-state index contributed by atoms with van der Waals surface area (Å²) < 4.78 is 89.8. The zero-order valence-corrected chi connectivity index (χ0v) is 18.0. The van der Waals surface area contributed by atoms with E-state index in [1.807, 2.05) is 5.92 Å². The minimum Gasteiger partial charge on any atom is -0.490 e. The fraction of sp³-hybridized carbons (Fsp3) is 0.375. The number of allylic oxidation sites excluding steroid dienone is 5. The molecule has 2 atom stereocenters. The molecule has 0 saturated heterocycles. The van der Waals surface area contributed by atoms with E-state index in [-0.39, 0.29) is 19.6 Å². The molecule has 0 heterocycles. The average molecular weight is 488 g/mol. The lowest BCUT2D eigenvalue weighted by Gasteiger charge is -2.31. The molecule has 4 nitrogen and oxygen atoms in total. The van der Waals surface area contributed by atoms with Crippen LogP contribution in [0.3, 0.4) is 0 Å². The lowest BCUT2D eigenvalue weighted by Crippen LogP contribution is -2.38. The summed E-state index contributed by atoms with van der Waals surface area (Å²) in [6.07, 6.45) is -7.62. The summed E-state index contributed by atoms with van der Waals surface area (Å²) in [5.41, 5.74) is -3.52. The number of ether oxygens (including phenoxy) is 2. The van der Waals surface area contributed by atoms with Crippen LogP contribution in [0.25, 0.3) is 0 Å². The maximum absolute atomic E-state index is 13.5. The van der Waals surface area contributed by atoms with Gasteiger partial charge in [0.1, 0.15) is 17.8 Å². The van der Waals surface area contributed by atoms with Gasteiger partial charge in [0.15, 0.2) is 6.10 Å². The Balaban J connectivity index is 1.97. The molecule has 0 spiro atoms. The highest BCUT2D eigenvalue weighted by atomic mass is 19.4. The number of hydrogen-bond donors (Lipinski definition) is 1. The van der Waals surface area contributed by atoms with Crippen LogP contribution in [0.15, 0.2) is 60.2 Å². The van der Waals surface area contributed by atoms with Gasteiger partial charge in [-0.15, -0.1) is 0 Å². The molecule has 1 aliphatic carbocycles. The van der Waals surface area contributed by atoms with Gasteiger partial charge in [-0.1, -0.05) is 42.2 Å². The largest absolute Gasteiger partial charge is 0.490 e. The van der Waals surface area contributed by atoms with Crippen LogP contribution in [-0.2, 0) is 16.0 Å². The summed E-state index contributed by atoms with van der Waals surface area (Å²) in [5.74, 6) is 3.43. The third-order valence-electron chi connectivity index (χ3n) is 4.85. The Bertz CT molecular complexity index is 994. The second-order valence-corrected chi connectivity index (χ2v) is 7.31. The molecule has 0 aromatic heterocycles. The first-order valence-corrected chi connectivity index (χ1v) is 10.1. The predicted molar refractivity (Wildman–Crippen MR) is 112 cm³/mol. The minimum atomic E-state index is -4.99. The number of aliphatic carboxylic acids is 1. The summed E-state index contributed by atoms with van der Waals surface area (Å²) in [5, 5.41) is 9.11. The molecule has 1 aromatic rings. The SMILES string of the molecule is CCO[C@@H](Cc1ccc(OC/C=C\C#CC2(C(F)(F)F)C=CC=C(C(F)(F)F)C2)cc1)C(=O)O. The van der Waals surface area contributed by atoms with Crippen molar-refractivity contribution < 1.29 is 45.7 Å². The Labute approximate surface area is 192 Å². The highest BCUT2D eigenvalue weighted by Crippen LogP contribution is 2.48. The van der Waals surface area contributed by atoms with Gasteiger partial charge in [0.05, 0.1) is 0 Å². The molecule has 1 aromatic carbocycles. The predicted octanol–water partition coefficient (Wildman–Crippen LogP) is 5.65. The quantitative estimate of drug-likeness (QED) is 0.379. The third kappa shape index (κ3) is 7.42. The molecule has 10 heteroatoms. The number of benzene rings is 1. The van der Waals surface area contributed by atoms with Crippen LogP contribution in [0.4, 0.5) is 26.3 Å². The standard InChI is InChI=1S/C24H22F6O4/c1-2-33-20(21(31)32)15-17-8-10-19(11-9-17)34-14-5-3-4-12-22(24(28,29)30)13-6-7-18(16-22)23(25,26)27/h3,5-11,13,20H,2,14-16H2,1H3,(H,31,32)/b5-3-/t20-,22?/m0/s1. The van der Waals surface area contributed by atoms with Crippen molar-refractivity contribution in [2.24, 2.45) is 5.41 Å². The van der Waals surface area contributed by atoms with Crippen molar-refractivity contribution in [3.63, 3.8) is 0 Å². The maximum atomic E-state index is 13.5. The molecular weight excluding hydrogens is 466 g/mol. The fourth-order valence-corrected chi connectivity index (χ4v) is 3.07. The molecule has 0 amide bonds. The van der Waals surface area contributed by atoms with Crippen LogP contribution in [0, 0.1) is 17.3 Å². The van der Waals surface area contributed by atoms with E-state index in [9.17, 15) is 31.1 Å². The number of alkyl halides is 6. The fourth-order valence-electron chi connectivity index (χ4n) is 3.07. The third-order valence-corrected chi connectivity index (χ3v) is 4.85. The molecule has 0 saturated carbocycles. The van der Waals surface area contributed by atoms with Gasteiger partial charge in [-0.3, -0.25) is 0 Å². The van der Waals surface area contributed by atoms with Gasteiger partial charge in [-0.2, -0.15) is 26.3 Å². The Morgan fingerprint density at radius 1 is 1.21 bits per heavy atom. The van der Waals surface area contributed by atoms with E-state index in [1.54, 1.807) is 31.2 Å².